The highest BCUT2D eigenvalue weighted by atomic mass is 16.6. The number of non-ortho nitro benzene ring substituents is 2. The third kappa shape index (κ3) is 2.66. The Hall–Kier alpha value is -3.09. The lowest BCUT2D eigenvalue weighted by molar-refractivity contribution is -0.385. The van der Waals surface area contributed by atoms with Crippen LogP contribution in [0.1, 0.15) is 15.9 Å². The van der Waals surface area contributed by atoms with E-state index in [0.717, 1.165) is 12.1 Å². The predicted octanol–water partition coefficient (Wildman–Crippen LogP) is 2.73. The van der Waals surface area contributed by atoms with Gasteiger partial charge in [-0.15, -0.1) is 0 Å². The van der Waals surface area contributed by atoms with Crippen LogP contribution in [-0.2, 0) is 0 Å². The van der Waals surface area contributed by atoms with E-state index in [1.807, 2.05) is 0 Å². The quantitative estimate of drug-likeness (QED) is 0.483. The second kappa shape index (κ2) is 5.27. The predicted molar refractivity (Wildman–Crippen MR) is 69.6 cm³/mol. The van der Waals surface area contributed by atoms with Gasteiger partial charge in [0, 0.05) is 35.4 Å². The van der Waals surface area contributed by atoms with Crippen LogP contribution in [0.5, 0.6) is 0 Å². The molecule has 0 aromatic heterocycles. The molecule has 2 aromatic carbocycles. The van der Waals surface area contributed by atoms with Crippen molar-refractivity contribution in [1.29, 1.82) is 0 Å². The number of nitro benzene ring substituents is 2. The first-order valence-corrected chi connectivity index (χ1v) is 5.52. The van der Waals surface area contributed by atoms with Crippen LogP contribution in [0.3, 0.4) is 0 Å². The number of benzene rings is 2. The number of nitro groups is 2. The Morgan fingerprint density at radius 3 is 1.55 bits per heavy atom. The molecule has 7 heteroatoms. The molecule has 20 heavy (non-hydrogen) atoms. The number of carbonyl (C=O) groups excluding carboxylic acids is 1. The van der Waals surface area contributed by atoms with E-state index < -0.39 is 15.6 Å². The van der Waals surface area contributed by atoms with Crippen molar-refractivity contribution in [3.63, 3.8) is 0 Å². The van der Waals surface area contributed by atoms with Crippen molar-refractivity contribution in [1.82, 2.24) is 0 Å². The van der Waals surface area contributed by atoms with Gasteiger partial charge < -0.3 is 0 Å². The third-order valence-electron chi connectivity index (χ3n) is 2.64. The first-order chi connectivity index (χ1) is 9.49. The molecule has 0 aliphatic carbocycles. The Morgan fingerprint density at radius 1 is 0.800 bits per heavy atom. The van der Waals surface area contributed by atoms with Gasteiger partial charge >= 0.3 is 0 Å². The monoisotopic (exact) mass is 272 g/mol. The maximum Gasteiger partial charge on any atom is 0.270 e. The smallest absolute Gasteiger partial charge is 0.270 e. The molecule has 0 spiro atoms. The van der Waals surface area contributed by atoms with Crippen molar-refractivity contribution in [2.45, 2.75) is 0 Å². The van der Waals surface area contributed by atoms with Gasteiger partial charge in [0.15, 0.2) is 5.78 Å². The zero-order valence-electron chi connectivity index (χ0n) is 10.1. The van der Waals surface area contributed by atoms with Crippen LogP contribution >= 0.6 is 0 Å². The fourth-order valence-electron chi connectivity index (χ4n) is 1.69. The van der Waals surface area contributed by atoms with Gasteiger partial charge in [0.2, 0.25) is 0 Å². The Labute approximate surface area is 112 Å². The Balaban J connectivity index is 2.41. The second-order valence-electron chi connectivity index (χ2n) is 3.94. The minimum absolute atomic E-state index is 0.111. The molecule has 0 aliphatic rings. The fraction of sp³-hybridized carbons (Fsp3) is 0. The molecule has 7 nitrogen and oxygen atoms in total. The fourth-order valence-corrected chi connectivity index (χ4v) is 1.69. The molecule has 0 atom stereocenters. The summed E-state index contributed by atoms with van der Waals surface area (Å²) in [6.07, 6.45) is 0. The van der Waals surface area contributed by atoms with E-state index >= 15 is 0 Å². The maximum absolute atomic E-state index is 12.2. The topological polar surface area (TPSA) is 103 Å². The molecule has 2 aromatic rings. The number of ketones is 1. The van der Waals surface area contributed by atoms with Crippen molar-refractivity contribution < 1.29 is 14.6 Å². The molecular weight excluding hydrogens is 264 g/mol. The van der Waals surface area contributed by atoms with Gasteiger partial charge in [0.25, 0.3) is 11.4 Å². The third-order valence-corrected chi connectivity index (χ3v) is 2.64. The van der Waals surface area contributed by atoms with E-state index in [-0.39, 0.29) is 22.5 Å². The molecular formula is C13H8N2O5. The lowest BCUT2D eigenvalue weighted by atomic mass is 10.0. The van der Waals surface area contributed by atoms with Crippen LogP contribution in [0.4, 0.5) is 11.4 Å². The first-order valence-electron chi connectivity index (χ1n) is 5.52. The first kappa shape index (κ1) is 13.3. The number of nitrogens with zero attached hydrogens (tertiary/aromatic N) is 2. The van der Waals surface area contributed by atoms with E-state index in [2.05, 4.69) is 0 Å². The zero-order valence-corrected chi connectivity index (χ0v) is 10.1. The van der Waals surface area contributed by atoms with Crippen molar-refractivity contribution >= 4 is 17.2 Å². The van der Waals surface area contributed by atoms with E-state index in [1.165, 1.54) is 36.4 Å². The van der Waals surface area contributed by atoms with Crippen molar-refractivity contribution in [2.24, 2.45) is 0 Å². The Kier molecular flexibility index (Phi) is 3.52. The minimum Gasteiger partial charge on any atom is -0.289 e. The van der Waals surface area contributed by atoms with Gasteiger partial charge in [-0.3, -0.25) is 25.0 Å². The summed E-state index contributed by atoms with van der Waals surface area (Å²) in [6, 6.07) is 10.4. The highest BCUT2D eigenvalue weighted by Gasteiger charge is 2.15. The maximum atomic E-state index is 12.2. The minimum atomic E-state index is -0.607. The molecule has 0 unspecified atom stereocenters. The van der Waals surface area contributed by atoms with Crippen molar-refractivity contribution in [3.05, 3.63) is 79.9 Å². The average molecular weight is 272 g/mol. The van der Waals surface area contributed by atoms with Gasteiger partial charge in [-0.25, -0.2) is 0 Å². The molecule has 0 aliphatic heterocycles. The van der Waals surface area contributed by atoms with Crippen LogP contribution < -0.4 is 0 Å². The summed E-state index contributed by atoms with van der Waals surface area (Å²) >= 11 is 0. The molecule has 0 N–H and O–H groups in total. The van der Waals surface area contributed by atoms with E-state index in [0.29, 0.717) is 0 Å². The van der Waals surface area contributed by atoms with Crippen LogP contribution in [0.15, 0.2) is 48.5 Å². The molecule has 0 fully saturated rings. The van der Waals surface area contributed by atoms with Crippen LogP contribution in [0, 0.1) is 20.2 Å². The lowest BCUT2D eigenvalue weighted by Crippen LogP contribution is -2.02. The van der Waals surface area contributed by atoms with E-state index in [9.17, 15) is 25.0 Å². The van der Waals surface area contributed by atoms with Crippen molar-refractivity contribution in [3.8, 4) is 0 Å². The number of carbonyl (C=O) groups is 1. The van der Waals surface area contributed by atoms with Gasteiger partial charge in [-0.05, 0) is 0 Å². The summed E-state index contributed by atoms with van der Waals surface area (Å²) in [5.74, 6) is -0.502. The number of hydrogen-bond acceptors (Lipinski definition) is 5. The molecule has 2 rings (SSSR count). The highest BCUT2D eigenvalue weighted by molar-refractivity contribution is 6.09. The van der Waals surface area contributed by atoms with E-state index in [4.69, 9.17) is 0 Å². The van der Waals surface area contributed by atoms with Gasteiger partial charge in [0.05, 0.1) is 9.85 Å². The number of hydrogen-bond donors (Lipinski definition) is 0. The molecule has 0 amide bonds. The summed E-state index contributed by atoms with van der Waals surface area (Å²) < 4.78 is 0. The largest absolute Gasteiger partial charge is 0.289 e. The van der Waals surface area contributed by atoms with Crippen LogP contribution in [-0.4, -0.2) is 15.6 Å². The Morgan fingerprint density at radius 2 is 1.20 bits per heavy atom. The zero-order chi connectivity index (χ0) is 14.7. The van der Waals surface area contributed by atoms with Crippen molar-refractivity contribution in [2.75, 3.05) is 0 Å². The molecule has 0 radical (unpaired) electrons. The molecule has 0 saturated heterocycles. The standard InChI is InChI=1S/C13H8N2O5/c16-13(9-3-1-5-11(7-9)14(17)18)10-4-2-6-12(8-10)15(19)20/h1-8H. The molecule has 0 saturated carbocycles. The summed E-state index contributed by atoms with van der Waals surface area (Å²) in [4.78, 5) is 32.3. The van der Waals surface area contributed by atoms with E-state index in [1.54, 1.807) is 0 Å². The normalized spacial score (nSPS) is 10.0. The summed E-state index contributed by atoms with van der Waals surface area (Å²) in [5, 5.41) is 21.3. The molecule has 0 heterocycles. The number of rotatable bonds is 4. The summed E-state index contributed by atoms with van der Waals surface area (Å²) in [5.41, 5.74) is -0.193. The summed E-state index contributed by atoms with van der Waals surface area (Å²) in [6.45, 7) is 0. The molecule has 0 bridgehead atoms. The SMILES string of the molecule is O=C(c1cccc([N+](=O)[O-])c1)c1cccc([N+](=O)[O-])c1. The van der Waals surface area contributed by atoms with Gasteiger partial charge in [0.1, 0.15) is 0 Å². The highest BCUT2D eigenvalue weighted by Crippen LogP contribution is 2.19. The van der Waals surface area contributed by atoms with Gasteiger partial charge in [-0.2, -0.15) is 0 Å². The second-order valence-corrected chi connectivity index (χ2v) is 3.94. The summed E-state index contributed by atoms with van der Waals surface area (Å²) in [7, 11) is 0. The molecule has 100 valence electrons. The van der Waals surface area contributed by atoms with Gasteiger partial charge in [-0.1, -0.05) is 24.3 Å². The Bertz CT molecular complexity index is 652. The van der Waals surface area contributed by atoms with Crippen LogP contribution in [0.25, 0.3) is 0 Å². The average Bonchev–Trinajstić information content (AvgIpc) is 2.46. The lowest BCUT2D eigenvalue weighted by Gasteiger charge is -2.01. The van der Waals surface area contributed by atoms with Crippen LogP contribution in [0.2, 0.25) is 0 Å².